The minimum Gasteiger partial charge on any atom is -0.482 e. The second-order valence-corrected chi connectivity index (χ2v) is 10.7. The van der Waals surface area contributed by atoms with Gasteiger partial charge in [-0.25, -0.2) is 23.7 Å². The summed E-state index contributed by atoms with van der Waals surface area (Å²) in [6, 6.07) is 1.33. The summed E-state index contributed by atoms with van der Waals surface area (Å²) in [5.74, 6) is 0.961. The van der Waals surface area contributed by atoms with Crippen molar-refractivity contribution in [2.45, 2.75) is 38.7 Å². The average Bonchev–Trinajstić information content (AvgIpc) is 3.15. The minimum absolute atomic E-state index is 0.0502. The quantitative estimate of drug-likeness (QED) is 0.498. The number of fused-ring (bicyclic) bond motifs is 1. The summed E-state index contributed by atoms with van der Waals surface area (Å²) in [4.78, 5) is 25.8. The number of nitrogens with zero attached hydrogens (tertiary/aromatic N) is 4. The number of aromatic nitrogens is 4. The second-order valence-electron chi connectivity index (χ2n) is 8.54. The van der Waals surface area contributed by atoms with Gasteiger partial charge < -0.3 is 19.4 Å². The van der Waals surface area contributed by atoms with E-state index in [1.807, 2.05) is 6.92 Å². The molecule has 35 heavy (non-hydrogen) atoms. The molecule has 0 aliphatic carbocycles. The third-order valence-electron chi connectivity index (χ3n) is 5.83. The van der Waals surface area contributed by atoms with Crippen LogP contribution in [-0.2, 0) is 17.8 Å². The third kappa shape index (κ3) is 5.53. The van der Waals surface area contributed by atoms with Crippen LogP contribution in [0.5, 0.6) is 17.5 Å². The zero-order chi connectivity index (χ0) is 25.3. The number of nitrogens with one attached hydrogen (secondary N) is 1. The summed E-state index contributed by atoms with van der Waals surface area (Å²) in [6.45, 7) is 2.83. The van der Waals surface area contributed by atoms with Gasteiger partial charge in [0.15, 0.2) is 11.6 Å². The molecule has 1 aliphatic heterocycles. The molecule has 0 saturated carbocycles. The molecule has 9 nitrogen and oxygen atoms in total. The average molecular weight is 528 g/mol. The highest BCUT2D eigenvalue weighted by Crippen LogP contribution is 2.34. The van der Waals surface area contributed by atoms with Crippen molar-refractivity contribution in [3.05, 3.63) is 34.9 Å². The van der Waals surface area contributed by atoms with E-state index in [0.29, 0.717) is 40.9 Å². The summed E-state index contributed by atoms with van der Waals surface area (Å²) in [5, 5.41) is 3.23. The Kier molecular flexibility index (Phi) is 7.22. The predicted molar refractivity (Wildman–Crippen MR) is 127 cm³/mol. The molecule has 1 aliphatic rings. The molecule has 0 spiro atoms. The molecule has 1 amide bonds. The molecule has 3 aromatic rings. The van der Waals surface area contributed by atoms with E-state index in [4.69, 9.17) is 21.1 Å². The van der Waals surface area contributed by atoms with Gasteiger partial charge in [0, 0.05) is 52.7 Å². The standard InChI is InChI=1S/C22H24ClF2N5O4S/c1-12-17-14(28-18(30(17)3)19(31)29-22(2)4-6-35(32)7-5-22)10-27-20(12)34-21-15(33-11-16(24)25)8-13(23)9-26-21/h8-10,16H,4-7,11H2,1-3H3,(H,29,31). The lowest BCUT2D eigenvalue weighted by Gasteiger charge is -2.33. The zero-order valence-corrected chi connectivity index (χ0v) is 20.9. The Morgan fingerprint density at radius 2 is 1.97 bits per heavy atom. The highest BCUT2D eigenvalue weighted by atomic mass is 35.5. The molecule has 0 aromatic carbocycles. The summed E-state index contributed by atoms with van der Waals surface area (Å²) >= 11 is 5.92. The number of halogens is 3. The highest BCUT2D eigenvalue weighted by Gasteiger charge is 2.33. The van der Waals surface area contributed by atoms with Crippen LogP contribution in [0.4, 0.5) is 8.78 Å². The predicted octanol–water partition coefficient (Wildman–Crippen LogP) is 3.79. The maximum atomic E-state index is 13.1. The van der Waals surface area contributed by atoms with Crippen LogP contribution >= 0.6 is 11.6 Å². The van der Waals surface area contributed by atoms with Gasteiger partial charge in [-0.2, -0.15) is 0 Å². The monoisotopic (exact) mass is 527 g/mol. The molecule has 4 heterocycles. The van der Waals surface area contributed by atoms with Crippen molar-refractivity contribution in [3.63, 3.8) is 0 Å². The first kappa shape index (κ1) is 25.2. The van der Waals surface area contributed by atoms with E-state index in [1.165, 1.54) is 18.5 Å². The van der Waals surface area contributed by atoms with E-state index in [2.05, 4.69) is 20.3 Å². The summed E-state index contributed by atoms with van der Waals surface area (Å²) in [6.07, 6.45) is 1.31. The molecular weight excluding hydrogens is 504 g/mol. The van der Waals surface area contributed by atoms with E-state index in [1.54, 1.807) is 18.5 Å². The van der Waals surface area contributed by atoms with Gasteiger partial charge in [-0.05, 0) is 26.7 Å². The highest BCUT2D eigenvalue weighted by molar-refractivity contribution is 7.85. The lowest BCUT2D eigenvalue weighted by molar-refractivity contribution is 0.0803. The SMILES string of the molecule is Cc1c(Oc2ncc(Cl)cc2OCC(F)F)ncc2nc(C(=O)NC3(C)CCS(=O)CC3)n(C)c12. The van der Waals surface area contributed by atoms with Crippen molar-refractivity contribution in [2.75, 3.05) is 18.1 Å². The van der Waals surface area contributed by atoms with Gasteiger partial charge in [0.05, 0.1) is 16.7 Å². The molecular formula is C22H24ClF2N5O4S. The van der Waals surface area contributed by atoms with Gasteiger partial charge in [-0.1, -0.05) is 11.6 Å². The van der Waals surface area contributed by atoms with Crippen molar-refractivity contribution in [2.24, 2.45) is 7.05 Å². The number of amides is 1. The Hall–Kier alpha value is -2.86. The molecule has 0 radical (unpaired) electrons. The maximum absolute atomic E-state index is 13.1. The zero-order valence-electron chi connectivity index (χ0n) is 19.3. The number of hydrogen-bond acceptors (Lipinski definition) is 7. The lowest BCUT2D eigenvalue weighted by Crippen LogP contribution is -2.50. The van der Waals surface area contributed by atoms with E-state index in [-0.39, 0.29) is 34.3 Å². The van der Waals surface area contributed by atoms with Crippen LogP contribution < -0.4 is 14.8 Å². The topological polar surface area (TPSA) is 108 Å². The van der Waals surface area contributed by atoms with Crippen molar-refractivity contribution in [1.82, 2.24) is 24.8 Å². The van der Waals surface area contributed by atoms with Crippen molar-refractivity contribution < 1.29 is 27.3 Å². The summed E-state index contributed by atoms with van der Waals surface area (Å²) < 4.78 is 49.5. The molecule has 3 aromatic heterocycles. The Labute approximate surface area is 207 Å². The number of aryl methyl sites for hydroxylation is 2. The maximum Gasteiger partial charge on any atom is 0.287 e. The Morgan fingerprint density at radius 3 is 2.66 bits per heavy atom. The molecule has 0 atom stereocenters. The largest absolute Gasteiger partial charge is 0.482 e. The normalized spacial score (nSPS) is 20.3. The van der Waals surface area contributed by atoms with Crippen LogP contribution in [0.3, 0.4) is 0 Å². The van der Waals surface area contributed by atoms with Crippen LogP contribution in [0.15, 0.2) is 18.5 Å². The van der Waals surface area contributed by atoms with Crippen LogP contribution in [0.25, 0.3) is 11.0 Å². The fourth-order valence-corrected chi connectivity index (χ4v) is 5.58. The number of imidazole rings is 1. The van der Waals surface area contributed by atoms with Crippen LogP contribution in [0.2, 0.25) is 5.02 Å². The van der Waals surface area contributed by atoms with Crippen LogP contribution in [0.1, 0.15) is 35.9 Å². The summed E-state index contributed by atoms with van der Waals surface area (Å²) in [7, 11) is 0.860. The Bertz CT molecular complexity index is 1290. The molecule has 0 bridgehead atoms. The minimum atomic E-state index is -2.69. The van der Waals surface area contributed by atoms with Gasteiger partial charge in [-0.3, -0.25) is 9.00 Å². The molecule has 1 saturated heterocycles. The number of carbonyl (C=O) groups is 1. The smallest absolute Gasteiger partial charge is 0.287 e. The molecule has 4 rings (SSSR count). The van der Waals surface area contributed by atoms with Crippen molar-refractivity contribution in [3.8, 4) is 17.5 Å². The molecule has 0 unspecified atom stereocenters. The number of pyridine rings is 2. The van der Waals surface area contributed by atoms with E-state index in [0.717, 1.165) is 0 Å². The van der Waals surface area contributed by atoms with Gasteiger partial charge in [0.25, 0.3) is 18.2 Å². The van der Waals surface area contributed by atoms with Gasteiger partial charge >= 0.3 is 0 Å². The Morgan fingerprint density at radius 1 is 1.29 bits per heavy atom. The van der Waals surface area contributed by atoms with Crippen molar-refractivity contribution >= 4 is 39.3 Å². The molecule has 188 valence electrons. The number of hydrogen-bond donors (Lipinski definition) is 1. The summed E-state index contributed by atoms with van der Waals surface area (Å²) in [5.41, 5.74) is 1.20. The first-order valence-corrected chi connectivity index (χ1v) is 12.7. The van der Waals surface area contributed by atoms with E-state index in [9.17, 15) is 17.8 Å². The van der Waals surface area contributed by atoms with Crippen LogP contribution in [0, 0.1) is 6.92 Å². The van der Waals surface area contributed by atoms with Gasteiger partial charge in [0.2, 0.25) is 5.88 Å². The number of carbonyl (C=O) groups excluding carboxylic acids is 1. The Balaban J connectivity index is 1.61. The molecule has 13 heteroatoms. The van der Waals surface area contributed by atoms with E-state index >= 15 is 0 Å². The van der Waals surface area contributed by atoms with Gasteiger partial charge in [0.1, 0.15) is 12.1 Å². The van der Waals surface area contributed by atoms with Gasteiger partial charge in [-0.15, -0.1) is 0 Å². The lowest BCUT2D eigenvalue weighted by atomic mass is 9.95. The van der Waals surface area contributed by atoms with Crippen LogP contribution in [-0.4, -0.2) is 59.7 Å². The fraction of sp³-hybridized carbons (Fsp3) is 0.455. The molecule has 1 fully saturated rings. The molecule has 1 N–H and O–H groups in total. The number of rotatable bonds is 7. The first-order chi connectivity index (χ1) is 16.6. The second kappa shape index (κ2) is 10.0. The van der Waals surface area contributed by atoms with E-state index < -0.39 is 29.4 Å². The fourth-order valence-electron chi connectivity index (χ4n) is 3.87. The van der Waals surface area contributed by atoms with Crippen molar-refractivity contribution in [1.29, 1.82) is 0 Å². The number of alkyl halides is 2. The third-order valence-corrected chi connectivity index (χ3v) is 7.35. The first-order valence-electron chi connectivity index (χ1n) is 10.8. The number of ether oxygens (including phenoxy) is 2.